The molecule has 2 aromatic rings. The highest BCUT2D eigenvalue weighted by atomic mass is 16.5. The number of pyridine rings is 1. The Morgan fingerprint density at radius 3 is 2.48 bits per heavy atom. The molecule has 0 saturated carbocycles. The lowest BCUT2D eigenvalue weighted by atomic mass is 10.0. The first-order valence-corrected chi connectivity index (χ1v) is 8.81. The van der Waals surface area contributed by atoms with Crippen molar-refractivity contribution in [3.8, 4) is 11.1 Å². The first-order chi connectivity index (χ1) is 12.9. The molecule has 1 amide bonds. The number of amides is 1. The molecule has 0 unspecified atom stereocenters. The first-order valence-electron chi connectivity index (χ1n) is 8.81. The van der Waals surface area contributed by atoms with Gasteiger partial charge in [-0.3, -0.25) is 9.59 Å². The standard InChI is InChI=1S/C20H25N3O4/c1-4-27-20(26)15-7-5-14(6-8-15)17-11-16(19(25)22-13-17)12-18(24)21-9-10-23(2)3/h5-8,11,13H,4,9-10,12H2,1-3H3,(H,21,24)(H,22,25). The second kappa shape index (κ2) is 9.68. The molecule has 0 aliphatic rings. The van der Waals surface area contributed by atoms with Crippen molar-refractivity contribution in [3.05, 3.63) is 58.0 Å². The monoisotopic (exact) mass is 371 g/mol. The quantitative estimate of drug-likeness (QED) is 0.685. The molecule has 1 aromatic carbocycles. The molecule has 0 aliphatic heterocycles. The molecular weight excluding hydrogens is 346 g/mol. The normalized spacial score (nSPS) is 10.7. The number of carbonyl (C=O) groups is 2. The van der Waals surface area contributed by atoms with Gasteiger partial charge in [0.05, 0.1) is 18.6 Å². The number of hydrogen-bond acceptors (Lipinski definition) is 5. The summed E-state index contributed by atoms with van der Waals surface area (Å²) in [5.74, 6) is -0.572. The fourth-order valence-electron chi connectivity index (χ4n) is 2.50. The van der Waals surface area contributed by atoms with E-state index in [4.69, 9.17) is 4.74 Å². The summed E-state index contributed by atoms with van der Waals surface area (Å²) >= 11 is 0. The maximum atomic E-state index is 12.0. The van der Waals surface area contributed by atoms with Gasteiger partial charge in [0.1, 0.15) is 0 Å². The molecule has 0 saturated heterocycles. The van der Waals surface area contributed by atoms with Crippen LogP contribution in [0.1, 0.15) is 22.8 Å². The first kappa shape index (κ1) is 20.4. The van der Waals surface area contributed by atoms with Gasteiger partial charge in [0.15, 0.2) is 0 Å². The van der Waals surface area contributed by atoms with Gasteiger partial charge in [-0.2, -0.15) is 0 Å². The van der Waals surface area contributed by atoms with Crippen LogP contribution in [0.25, 0.3) is 11.1 Å². The SMILES string of the molecule is CCOC(=O)c1ccc(-c2c[nH]c(=O)c(CC(=O)NCCN(C)C)c2)cc1. The molecule has 2 rings (SSSR count). The van der Waals surface area contributed by atoms with E-state index in [1.54, 1.807) is 43.5 Å². The fraction of sp³-hybridized carbons (Fsp3) is 0.350. The van der Waals surface area contributed by atoms with Crippen molar-refractivity contribution in [2.24, 2.45) is 0 Å². The van der Waals surface area contributed by atoms with E-state index in [-0.39, 0.29) is 23.9 Å². The maximum Gasteiger partial charge on any atom is 0.338 e. The van der Waals surface area contributed by atoms with E-state index in [9.17, 15) is 14.4 Å². The smallest absolute Gasteiger partial charge is 0.338 e. The topological polar surface area (TPSA) is 91.5 Å². The van der Waals surface area contributed by atoms with E-state index in [0.717, 1.165) is 17.7 Å². The zero-order valence-electron chi connectivity index (χ0n) is 15.9. The number of likely N-dealkylation sites (N-methyl/N-ethyl adjacent to an activating group) is 1. The van der Waals surface area contributed by atoms with E-state index in [1.807, 2.05) is 19.0 Å². The lowest BCUT2D eigenvalue weighted by Gasteiger charge is -2.10. The highest BCUT2D eigenvalue weighted by Crippen LogP contribution is 2.19. The minimum Gasteiger partial charge on any atom is -0.462 e. The average Bonchev–Trinajstić information content (AvgIpc) is 2.63. The highest BCUT2D eigenvalue weighted by Gasteiger charge is 2.10. The molecule has 2 N–H and O–H groups in total. The predicted molar refractivity (Wildman–Crippen MR) is 104 cm³/mol. The van der Waals surface area contributed by atoms with Crippen molar-refractivity contribution in [3.63, 3.8) is 0 Å². The summed E-state index contributed by atoms with van der Waals surface area (Å²) in [5, 5.41) is 2.80. The van der Waals surface area contributed by atoms with Crippen LogP contribution in [0.15, 0.2) is 41.3 Å². The number of ether oxygens (including phenoxy) is 1. The van der Waals surface area contributed by atoms with Crippen LogP contribution in [0.2, 0.25) is 0 Å². The molecule has 1 heterocycles. The lowest BCUT2D eigenvalue weighted by molar-refractivity contribution is -0.120. The number of benzene rings is 1. The molecule has 0 fully saturated rings. The lowest BCUT2D eigenvalue weighted by Crippen LogP contribution is -2.33. The second-order valence-corrected chi connectivity index (χ2v) is 6.37. The summed E-state index contributed by atoms with van der Waals surface area (Å²) in [4.78, 5) is 40.4. The number of aromatic nitrogens is 1. The molecule has 1 aromatic heterocycles. The van der Waals surface area contributed by atoms with Crippen LogP contribution >= 0.6 is 0 Å². The number of nitrogens with zero attached hydrogens (tertiary/aromatic N) is 1. The Morgan fingerprint density at radius 1 is 1.15 bits per heavy atom. The van der Waals surface area contributed by atoms with Crippen molar-refractivity contribution in [1.29, 1.82) is 0 Å². The Balaban J connectivity index is 2.11. The Morgan fingerprint density at radius 2 is 1.85 bits per heavy atom. The number of aromatic amines is 1. The summed E-state index contributed by atoms with van der Waals surface area (Å²) in [6.45, 7) is 3.33. The largest absolute Gasteiger partial charge is 0.462 e. The molecule has 0 bridgehead atoms. The second-order valence-electron chi connectivity index (χ2n) is 6.37. The minimum absolute atomic E-state index is 0.0114. The van der Waals surface area contributed by atoms with Crippen LogP contribution < -0.4 is 10.9 Å². The fourth-order valence-corrected chi connectivity index (χ4v) is 2.50. The van der Waals surface area contributed by atoms with Gasteiger partial charge in [-0.25, -0.2) is 4.79 Å². The van der Waals surface area contributed by atoms with E-state index in [2.05, 4.69) is 10.3 Å². The molecule has 7 heteroatoms. The van der Waals surface area contributed by atoms with Crippen LogP contribution in [-0.2, 0) is 16.0 Å². The summed E-state index contributed by atoms with van der Waals surface area (Å²) in [7, 11) is 3.85. The van der Waals surface area contributed by atoms with Gasteiger partial charge in [-0.15, -0.1) is 0 Å². The molecule has 0 atom stereocenters. The van der Waals surface area contributed by atoms with Gasteiger partial charge in [0.2, 0.25) is 5.91 Å². The highest BCUT2D eigenvalue weighted by molar-refractivity contribution is 5.90. The van der Waals surface area contributed by atoms with Gasteiger partial charge in [-0.05, 0) is 50.3 Å². The van der Waals surface area contributed by atoms with Crippen LogP contribution in [0.3, 0.4) is 0 Å². The Bertz CT molecular complexity index is 841. The van der Waals surface area contributed by atoms with Crippen LogP contribution in [0, 0.1) is 0 Å². The van der Waals surface area contributed by atoms with Gasteiger partial charge in [0, 0.05) is 24.8 Å². The van der Waals surface area contributed by atoms with Crippen LogP contribution in [0.4, 0.5) is 0 Å². The van der Waals surface area contributed by atoms with Crippen LogP contribution in [-0.4, -0.2) is 55.6 Å². The molecular formula is C20H25N3O4. The van der Waals surface area contributed by atoms with Crippen molar-refractivity contribution < 1.29 is 14.3 Å². The Kier molecular flexibility index (Phi) is 7.31. The van der Waals surface area contributed by atoms with Gasteiger partial charge >= 0.3 is 5.97 Å². The van der Waals surface area contributed by atoms with Gasteiger partial charge < -0.3 is 19.9 Å². The predicted octanol–water partition coefficient (Wildman–Crippen LogP) is 1.44. The zero-order valence-corrected chi connectivity index (χ0v) is 15.9. The summed E-state index contributed by atoms with van der Waals surface area (Å²) < 4.78 is 4.97. The number of carbonyl (C=O) groups excluding carboxylic acids is 2. The Hall–Kier alpha value is -2.93. The Labute approximate surface area is 158 Å². The third-order valence-corrected chi connectivity index (χ3v) is 3.94. The van der Waals surface area contributed by atoms with Crippen molar-refractivity contribution in [1.82, 2.24) is 15.2 Å². The van der Waals surface area contributed by atoms with E-state index >= 15 is 0 Å². The van der Waals surface area contributed by atoms with E-state index < -0.39 is 0 Å². The number of esters is 1. The van der Waals surface area contributed by atoms with E-state index in [1.165, 1.54) is 0 Å². The molecule has 7 nitrogen and oxygen atoms in total. The van der Waals surface area contributed by atoms with Gasteiger partial charge in [0.25, 0.3) is 5.56 Å². The number of rotatable bonds is 8. The van der Waals surface area contributed by atoms with Crippen LogP contribution in [0.5, 0.6) is 0 Å². The summed E-state index contributed by atoms with van der Waals surface area (Å²) in [5.41, 5.74) is 2.16. The van der Waals surface area contributed by atoms with Crippen molar-refractivity contribution in [2.75, 3.05) is 33.8 Å². The molecule has 0 spiro atoms. The number of H-pyrrole nitrogens is 1. The number of nitrogens with one attached hydrogen (secondary N) is 2. The summed E-state index contributed by atoms with van der Waals surface area (Å²) in [6.07, 6.45) is 1.60. The zero-order chi connectivity index (χ0) is 19.8. The molecule has 144 valence electrons. The molecule has 27 heavy (non-hydrogen) atoms. The molecule has 0 radical (unpaired) electrons. The summed E-state index contributed by atoms with van der Waals surface area (Å²) in [6, 6.07) is 8.60. The third-order valence-electron chi connectivity index (χ3n) is 3.94. The molecule has 0 aliphatic carbocycles. The van der Waals surface area contributed by atoms with Crippen molar-refractivity contribution in [2.45, 2.75) is 13.3 Å². The number of hydrogen-bond donors (Lipinski definition) is 2. The van der Waals surface area contributed by atoms with Crippen molar-refractivity contribution >= 4 is 11.9 Å². The third kappa shape index (κ3) is 6.07. The minimum atomic E-state index is -0.374. The van der Waals surface area contributed by atoms with E-state index in [0.29, 0.717) is 24.3 Å². The average molecular weight is 371 g/mol. The maximum absolute atomic E-state index is 12.0. The van der Waals surface area contributed by atoms with Gasteiger partial charge in [-0.1, -0.05) is 12.1 Å².